The van der Waals surface area contributed by atoms with Crippen LogP contribution in [0.3, 0.4) is 0 Å². The first-order valence-electron chi connectivity index (χ1n) is 5.82. The summed E-state index contributed by atoms with van der Waals surface area (Å²) in [6.45, 7) is 0.557. The lowest BCUT2D eigenvalue weighted by molar-refractivity contribution is 0.0685. The Balaban J connectivity index is 2.11. The summed E-state index contributed by atoms with van der Waals surface area (Å²) in [5, 5.41) is 9.49. The van der Waals surface area contributed by atoms with Gasteiger partial charge in [0.15, 0.2) is 0 Å². The maximum Gasteiger partial charge on any atom is 0.352 e. The third kappa shape index (κ3) is 3.29. The molecule has 0 aliphatic carbocycles. The van der Waals surface area contributed by atoms with E-state index >= 15 is 0 Å². The van der Waals surface area contributed by atoms with E-state index < -0.39 is 5.97 Å². The molecule has 0 radical (unpaired) electrons. The van der Waals surface area contributed by atoms with Crippen molar-refractivity contribution in [3.8, 4) is 5.75 Å². The topological polar surface area (TPSA) is 51.5 Å². The fourth-order valence-electron chi connectivity index (χ4n) is 1.92. The summed E-state index contributed by atoms with van der Waals surface area (Å²) >= 11 is 5.83. The predicted molar refractivity (Wildman–Crippen MR) is 73.1 cm³/mol. The molecule has 19 heavy (non-hydrogen) atoms. The molecule has 0 saturated carbocycles. The fourth-order valence-corrected chi connectivity index (χ4v) is 2.14. The van der Waals surface area contributed by atoms with E-state index in [9.17, 15) is 4.79 Å². The molecule has 1 heterocycles. The molecule has 0 aliphatic rings. The standard InChI is InChI=1S/C14H14ClNO3/c1-19-12-4-2-3-10(7-12)5-6-16-9-11(15)8-13(16)14(17)18/h2-4,7-9H,5-6H2,1H3,(H,17,18). The van der Waals surface area contributed by atoms with Gasteiger partial charge in [0.25, 0.3) is 0 Å². The Hall–Kier alpha value is -1.94. The van der Waals surface area contributed by atoms with Crippen LogP contribution in [0.1, 0.15) is 16.1 Å². The van der Waals surface area contributed by atoms with E-state index in [0.29, 0.717) is 18.0 Å². The second-order valence-electron chi connectivity index (χ2n) is 4.14. The number of carbonyl (C=O) groups is 1. The molecule has 0 unspecified atom stereocenters. The number of nitrogens with zero attached hydrogens (tertiary/aromatic N) is 1. The summed E-state index contributed by atoms with van der Waals surface area (Å²) in [6.07, 6.45) is 2.34. The second kappa shape index (κ2) is 5.80. The normalized spacial score (nSPS) is 10.4. The quantitative estimate of drug-likeness (QED) is 0.915. The number of aromatic carboxylic acids is 1. The van der Waals surface area contributed by atoms with Crippen molar-refractivity contribution in [3.05, 3.63) is 52.8 Å². The van der Waals surface area contributed by atoms with Crippen LogP contribution in [0.2, 0.25) is 5.02 Å². The summed E-state index contributed by atoms with van der Waals surface area (Å²) in [5.74, 6) is -0.181. The molecule has 1 aromatic carbocycles. The number of methoxy groups -OCH3 is 1. The Morgan fingerprint density at radius 3 is 2.89 bits per heavy atom. The molecule has 0 atom stereocenters. The number of aryl methyl sites for hydroxylation is 2. The minimum atomic E-state index is -0.974. The van der Waals surface area contributed by atoms with Crippen LogP contribution in [0.25, 0.3) is 0 Å². The van der Waals surface area contributed by atoms with Crippen LogP contribution in [0.15, 0.2) is 36.5 Å². The van der Waals surface area contributed by atoms with Crippen LogP contribution in [-0.4, -0.2) is 22.8 Å². The molecule has 2 aromatic rings. The first-order chi connectivity index (χ1) is 9.10. The van der Waals surface area contributed by atoms with Gasteiger partial charge in [-0.1, -0.05) is 23.7 Å². The second-order valence-corrected chi connectivity index (χ2v) is 4.58. The lowest BCUT2D eigenvalue weighted by atomic mass is 10.1. The van der Waals surface area contributed by atoms with Crippen LogP contribution in [0.4, 0.5) is 0 Å². The lowest BCUT2D eigenvalue weighted by Crippen LogP contribution is -2.09. The van der Waals surface area contributed by atoms with Gasteiger partial charge in [-0.25, -0.2) is 4.79 Å². The van der Waals surface area contributed by atoms with Gasteiger partial charge in [0.2, 0.25) is 0 Å². The summed E-state index contributed by atoms with van der Waals surface area (Å²) in [6, 6.07) is 9.16. The van der Waals surface area contributed by atoms with Crippen molar-refractivity contribution in [3.63, 3.8) is 0 Å². The van der Waals surface area contributed by atoms with Crippen molar-refractivity contribution in [1.29, 1.82) is 0 Å². The van der Waals surface area contributed by atoms with E-state index in [-0.39, 0.29) is 5.69 Å². The first kappa shape index (κ1) is 13.5. The molecule has 0 saturated heterocycles. The zero-order valence-corrected chi connectivity index (χ0v) is 11.2. The minimum absolute atomic E-state index is 0.202. The maximum absolute atomic E-state index is 11.0. The number of hydrogen-bond donors (Lipinski definition) is 1. The zero-order chi connectivity index (χ0) is 13.8. The summed E-state index contributed by atoms with van der Waals surface area (Å²) in [4.78, 5) is 11.0. The third-order valence-electron chi connectivity index (χ3n) is 2.86. The van der Waals surface area contributed by atoms with E-state index in [1.165, 1.54) is 6.07 Å². The minimum Gasteiger partial charge on any atom is -0.497 e. The highest BCUT2D eigenvalue weighted by molar-refractivity contribution is 6.30. The van der Waals surface area contributed by atoms with Gasteiger partial charge < -0.3 is 14.4 Å². The van der Waals surface area contributed by atoms with E-state index in [1.54, 1.807) is 17.9 Å². The number of carboxylic acids is 1. The molecule has 5 heteroatoms. The number of aromatic nitrogens is 1. The van der Waals surface area contributed by atoms with Gasteiger partial charge >= 0.3 is 5.97 Å². The number of benzene rings is 1. The van der Waals surface area contributed by atoms with E-state index in [0.717, 1.165) is 11.3 Å². The third-order valence-corrected chi connectivity index (χ3v) is 3.06. The lowest BCUT2D eigenvalue weighted by Gasteiger charge is -2.07. The molecule has 4 nitrogen and oxygen atoms in total. The molecule has 1 aromatic heterocycles. The largest absolute Gasteiger partial charge is 0.497 e. The molecule has 0 spiro atoms. The summed E-state index contributed by atoms with van der Waals surface area (Å²) in [5.41, 5.74) is 1.29. The highest BCUT2D eigenvalue weighted by Gasteiger charge is 2.11. The SMILES string of the molecule is COc1cccc(CCn2cc(Cl)cc2C(=O)O)c1. The van der Waals surface area contributed by atoms with E-state index in [4.69, 9.17) is 21.4 Å². The Morgan fingerprint density at radius 1 is 1.42 bits per heavy atom. The van der Waals surface area contributed by atoms with Gasteiger partial charge in [-0.2, -0.15) is 0 Å². The average molecular weight is 280 g/mol. The molecular formula is C14H14ClNO3. The molecule has 0 amide bonds. The Labute approximate surface area is 116 Å². The maximum atomic E-state index is 11.0. The van der Waals surface area contributed by atoms with Crippen molar-refractivity contribution in [2.24, 2.45) is 0 Å². The van der Waals surface area contributed by atoms with Gasteiger partial charge in [-0.3, -0.25) is 0 Å². The molecule has 0 fully saturated rings. The van der Waals surface area contributed by atoms with Gasteiger partial charge in [0.05, 0.1) is 12.1 Å². The number of halogens is 1. The van der Waals surface area contributed by atoms with Gasteiger partial charge in [0.1, 0.15) is 11.4 Å². The zero-order valence-electron chi connectivity index (χ0n) is 10.5. The van der Waals surface area contributed by atoms with Crippen LogP contribution >= 0.6 is 11.6 Å². The van der Waals surface area contributed by atoms with Gasteiger partial charge in [-0.15, -0.1) is 0 Å². The van der Waals surface area contributed by atoms with Crippen LogP contribution in [-0.2, 0) is 13.0 Å². The Morgan fingerprint density at radius 2 is 2.21 bits per heavy atom. The van der Waals surface area contributed by atoms with E-state index in [1.807, 2.05) is 24.3 Å². The molecule has 0 aliphatic heterocycles. The number of hydrogen-bond acceptors (Lipinski definition) is 2. The van der Waals surface area contributed by atoms with E-state index in [2.05, 4.69) is 0 Å². The number of ether oxygens (including phenoxy) is 1. The van der Waals surface area contributed by atoms with Crippen LogP contribution in [0, 0.1) is 0 Å². The monoisotopic (exact) mass is 279 g/mol. The molecular weight excluding hydrogens is 266 g/mol. The average Bonchev–Trinajstić information content (AvgIpc) is 2.78. The van der Waals surface area contributed by atoms with Crippen LogP contribution in [0.5, 0.6) is 5.75 Å². The highest BCUT2D eigenvalue weighted by Crippen LogP contribution is 2.17. The van der Waals surface area contributed by atoms with Crippen molar-refractivity contribution < 1.29 is 14.6 Å². The molecule has 1 N–H and O–H groups in total. The van der Waals surface area contributed by atoms with Crippen molar-refractivity contribution in [2.45, 2.75) is 13.0 Å². The van der Waals surface area contributed by atoms with Crippen molar-refractivity contribution >= 4 is 17.6 Å². The predicted octanol–water partition coefficient (Wildman–Crippen LogP) is 3.09. The summed E-state index contributed by atoms with van der Waals surface area (Å²) < 4.78 is 6.79. The summed E-state index contributed by atoms with van der Waals surface area (Å²) in [7, 11) is 1.62. The number of rotatable bonds is 5. The smallest absolute Gasteiger partial charge is 0.352 e. The van der Waals surface area contributed by atoms with Crippen LogP contribution < -0.4 is 4.74 Å². The highest BCUT2D eigenvalue weighted by atomic mass is 35.5. The van der Waals surface area contributed by atoms with Gasteiger partial charge in [-0.05, 0) is 30.2 Å². The fraction of sp³-hybridized carbons (Fsp3) is 0.214. The Bertz CT molecular complexity index is 592. The van der Waals surface area contributed by atoms with Crippen molar-refractivity contribution in [1.82, 2.24) is 4.57 Å². The number of carboxylic acid groups (broad SMARTS) is 1. The van der Waals surface area contributed by atoms with Crippen molar-refractivity contribution in [2.75, 3.05) is 7.11 Å². The Kier molecular flexibility index (Phi) is 4.12. The first-order valence-corrected chi connectivity index (χ1v) is 6.20. The molecule has 100 valence electrons. The molecule has 2 rings (SSSR count). The van der Waals surface area contributed by atoms with Gasteiger partial charge in [0, 0.05) is 12.7 Å². The molecule has 0 bridgehead atoms.